The van der Waals surface area contributed by atoms with E-state index < -0.39 is 0 Å². The fraction of sp³-hybridized carbons (Fsp3) is 0.333. The second kappa shape index (κ2) is 6.42. The quantitative estimate of drug-likeness (QED) is 0.717. The Bertz CT molecular complexity index is 824. The lowest BCUT2D eigenvalue weighted by atomic mass is 10.1. The summed E-state index contributed by atoms with van der Waals surface area (Å²) in [4.78, 5) is 7.08. The van der Waals surface area contributed by atoms with E-state index >= 15 is 0 Å². The summed E-state index contributed by atoms with van der Waals surface area (Å²) in [6.45, 7) is 1.86. The Kier molecular flexibility index (Phi) is 4.12. The summed E-state index contributed by atoms with van der Waals surface area (Å²) in [7, 11) is 1.96. The average Bonchev–Trinajstić information content (AvgIpc) is 3.30. The molecule has 6 heteroatoms. The van der Waals surface area contributed by atoms with E-state index in [2.05, 4.69) is 21.2 Å². The van der Waals surface area contributed by atoms with Gasteiger partial charge in [0.1, 0.15) is 6.26 Å². The summed E-state index contributed by atoms with van der Waals surface area (Å²) in [5.74, 6) is 0.638. The molecule has 0 unspecified atom stereocenters. The molecule has 1 saturated heterocycles. The van der Waals surface area contributed by atoms with Gasteiger partial charge in [-0.3, -0.25) is 9.58 Å². The van der Waals surface area contributed by atoms with Gasteiger partial charge in [-0.1, -0.05) is 11.6 Å². The summed E-state index contributed by atoms with van der Waals surface area (Å²) in [5, 5.41) is 5.01. The van der Waals surface area contributed by atoms with Crippen molar-refractivity contribution in [1.82, 2.24) is 19.7 Å². The smallest absolute Gasteiger partial charge is 0.226 e. The summed E-state index contributed by atoms with van der Waals surface area (Å²) < 4.78 is 7.51. The van der Waals surface area contributed by atoms with Gasteiger partial charge in [0.05, 0.1) is 11.9 Å². The maximum Gasteiger partial charge on any atom is 0.226 e. The maximum absolute atomic E-state index is 5.93. The molecule has 0 radical (unpaired) electrons. The molecule has 3 heterocycles. The lowest BCUT2D eigenvalue weighted by Crippen LogP contribution is -2.22. The molecular formula is C18H19ClN4O. The molecular weight excluding hydrogens is 324 g/mol. The lowest BCUT2D eigenvalue weighted by Gasteiger charge is -2.22. The van der Waals surface area contributed by atoms with Crippen LogP contribution < -0.4 is 0 Å². The van der Waals surface area contributed by atoms with Crippen molar-refractivity contribution < 1.29 is 4.42 Å². The van der Waals surface area contributed by atoms with Crippen LogP contribution in [0.3, 0.4) is 0 Å². The van der Waals surface area contributed by atoms with Crippen LogP contribution in [0, 0.1) is 0 Å². The number of likely N-dealkylation sites (tertiary alicyclic amines) is 1. The van der Waals surface area contributed by atoms with Gasteiger partial charge in [0, 0.05) is 42.0 Å². The Balaban J connectivity index is 1.50. The summed E-state index contributed by atoms with van der Waals surface area (Å²) in [6, 6.07) is 7.95. The van der Waals surface area contributed by atoms with Crippen molar-refractivity contribution in [3.63, 3.8) is 0 Å². The van der Waals surface area contributed by atoms with Crippen LogP contribution in [-0.4, -0.2) is 26.2 Å². The van der Waals surface area contributed by atoms with Gasteiger partial charge >= 0.3 is 0 Å². The summed E-state index contributed by atoms with van der Waals surface area (Å²) in [6.07, 6.45) is 8.17. The van der Waals surface area contributed by atoms with Gasteiger partial charge in [0.15, 0.2) is 0 Å². The minimum absolute atomic E-state index is 0.411. The maximum atomic E-state index is 5.93. The highest BCUT2D eigenvalue weighted by Crippen LogP contribution is 2.33. The zero-order chi connectivity index (χ0) is 16.5. The standard InChI is InChI=1S/C18H19ClN4O/c1-22-10-14(9-20-22)17-3-2-8-23(17)11-16-12-24-18(21-16)13-4-6-15(19)7-5-13/h4-7,9-10,12,17H,2-3,8,11H2,1H3/t17-/m1/s1. The van der Waals surface area contributed by atoms with E-state index in [4.69, 9.17) is 16.0 Å². The first kappa shape index (κ1) is 15.4. The molecule has 1 aromatic carbocycles. The molecule has 4 rings (SSSR count). The molecule has 0 N–H and O–H groups in total. The minimum Gasteiger partial charge on any atom is -0.444 e. The van der Waals surface area contributed by atoms with E-state index in [0.717, 1.165) is 30.8 Å². The Hall–Kier alpha value is -2.11. The molecule has 1 aliphatic heterocycles. The van der Waals surface area contributed by atoms with Crippen molar-refractivity contribution in [3.05, 3.63) is 59.2 Å². The van der Waals surface area contributed by atoms with E-state index in [-0.39, 0.29) is 0 Å². The second-order valence-corrected chi connectivity index (χ2v) is 6.66. The molecule has 0 spiro atoms. The molecule has 1 fully saturated rings. The van der Waals surface area contributed by atoms with Crippen LogP contribution in [0.15, 0.2) is 47.3 Å². The van der Waals surface area contributed by atoms with Gasteiger partial charge in [0.25, 0.3) is 0 Å². The number of benzene rings is 1. The van der Waals surface area contributed by atoms with E-state index in [1.807, 2.05) is 42.2 Å². The monoisotopic (exact) mass is 342 g/mol. The fourth-order valence-corrected chi connectivity index (χ4v) is 3.44. The second-order valence-electron chi connectivity index (χ2n) is 6.23. The van der Waals surface area contributed by atoms with E-state index in [9.17, 15) is 0 Å². The molecule has 0 bridgehead atoms. The third-order valence-corrected chi connectivity index (χ3v) is 4.73. The van der Waals surface area contributed by atoms with Crippen LogP contribution in [0.2, 0.25) is 5.02 Å². The van der Waals surface area contributed by atoms with Gasteiger partial charge < -0.3 is 4.42 Å². The number of nitrogens with zero attached hydrogens (tertiary/aromatic N) is 4. The highest BCUT2D eigenvalue weighted by molar-refractivity contribution is 6.30. The number of halogens is 1. The molecule has 2 aromatic heterocycles. The number of aromatic nitrogens is 3. The van der Waals surface area contributed by atoms with E-state index in [1.165, 1.54) is 12.0 Å². The van der Waals surface area contributed by atoms with Crippen molar-refractivity contribution in [1.29, 1.82) is 0 Å². The predicted molar refractivity (Wildman–Crippen MR) is 92.5 cm³/mol. The number of hydrogen-bond donors (Lipinski definition) is 0. The number of rotatable bonds is 4. The van der Waals surface area contributed by atoms with Gasteiger partial charge in [-0.05, 0) is 43.7 Å². The van der Waals surface area contributed by atoms with Crippen molar-refractivity contribution in [2.45, 2.75) is 25.4 Å². The Labute approximate surface area is 145 Å². The van der Waals surface area contributed by atoms with Crippen molar-refractivity contribution >= 4 is 11.6 Å². The molecule has 1 atom stereocenters. The largest absolute Gasteiger partial charge is 0.444 e. The van der Waals surface area contributed by atoms with Crippen molar-refractivity contribution in [2.75, 3.05) is 6.54 Å². The molecule has 124 valence electrons. The molecule has 0 aliphatic carbocycles. The summed E-state index contributed by atoms with van der Waals surface area (Å²) >= 11 is 5.93. The normalized spacial score (nSPS) is 18.3. The Morgan fingerprint density at radius 3 is 2.88 bits per heavy atom. The zero-order valence-electron chi connectivity index (χ0n) is 13.5. The van der Waals surface area contributed by atoms with Crippen LogP contribution in [0.4, 0.5) is 0 Å². The van der Waals surface area contributed by atoms with Crippen LogP contribution >= 0.6 is 11.6 Å². The van der Waals surface area contributed by atoms with Crippen LogP contribution in [0.25, 0.3) is 11.5 Å². The highest BCUT2D eigenvalue weighted by atomic mass is 35.5. The molecule has 3 aromatic rings. The highest BCUT2D eigenvalue weighted by Gasteiger charge is 2.27. The number of hydrogen-bond acceptors (Lipinski definition) is 4. The Morgan fingerprint density at radius 1 is 1.29 bits per heavy atom. The third kappa shape index (κ3) is 3.09. The SMILES string of the molecule is Cn1cc([C@H]2CCCN2Cc2coc(-c3ccc(Cl)cc3)n2)cn1. The van der Waals surface area contributed by atoms with Crippen LogP contribution in [0.1, 0.15) is 30.1 Å². The van der Waals surface area contributed by atoms with Gasteiger partial charge in [-0.15, -0.1) is 0 Å². The molecule has 24 heavy (non-hydrogen) atoms. The zero-order valence-corrected chi connectivity index (χ0v) is 14.3. The van der Waals surface area contributed by atoms with E-state index in [0.29, 0.717) is 17.0 Å². The van der Waals surface area contributed by atoms with Crippen LogP contribution in [-0.2, 0) is 13.6 Å². The van der Waals surface area contributed by atoms with Gasteiger partial charge in [-0.2, -0.15) is 5.10 Å². The van der Waals surface area contributed by atoms with Crippen molar-refractivity contribution in [3.8, 4) is 11.5 Å². The number of aryl methyl sites for hydroxylation is 1. The molecule has 0 amide bonds. The van der Waals surface area contributed by atoms with Gasteiger partial charge in [-0.25, -0.2) is 4.98 Å². The van der Waals surface area contributed by atoms with Gasteiger partial charge in [0.2, 0.25) is 5.89 Å². The topological polar surface area (TPSA) is 47.1 Å². The Morgan fingerprint density at radius 2 is 2.12 bits per heavy atom. The fourth-order valence-electron chi connectivity index (χ4n) is 3.32. The van der Waals surface area contributed by atoms with Crippen molar-refractivity contribution in [2.24, 2.45) is 7.05 Å². The first-order valence-corrected chi connectivity index (χ1v) is 8.50. The first-order chi connectivity index (χ1) is 11.7. The summed E-state index contributed by atoms with van der Waals surface area (Å²) in [5.41, 5.74) is 3.17. The number of oxazole rings is 1. The predicted octanol–water partition coefficient (Wildman–Crippen LogP) is 4.07. The minimum atomic E-state index is 0.411. The molecule has 5 nitrogen and oxygen atoms in total. The van der Waals surface area contributed by atoms with E-state index in [1.54, 1.807) is 6.26 Å². The molecule has 0 saturated carbocycles. The lowest BCUT2D eigenvalue weighted by molar-refractivity contribution is 0.245. The van der Waals surface area contributed by atoms with Crippen LogP contribution in [0.5, 0.6) is 0 Å². The first-order valence-electron chi connectivity index (χ1n) is 8.12. The molecule has 1 aliphatic rings. The third-order valence-electron chi connectivity index (χ3n) is 4.48. The average molecular weight is 343 g/mol.